The molecule has 1 atom stereocenters. The first-order valence-corrected chi connectivity index (χ1v) is 5.10. The van der Waals surface area contributed by atoms with E-state index in [1.807, 2.05) is 0 Å². The average Bonchev–Trinajstić information content (AvgIpc) is 2.06. The second kappa shape index (κ2) is 3.00. The Morgan fingerprint density at radius 3 is 2.73 bits per heavy atom. The smallest absolute Gasteiger partial charge is 0.135 e. The summed E-state index contributed by atoms with van der Waals surface area (Å²) in [6, 6.07) is 5.31. The summed E-state index contributed by atoms with van der Waals surface area (Å²) < 4.78 is 15.3. The fourth-order valence-corrected chi connectivity index (χ4v) is 1.44. The van der Waals surface area contributed by atoms with Gasteiger partial charge in [0.05, 0.1) is 9.73 Å². The summed E-state index contributed by atoms with van der Waals surface area (Å²) >= 11 is 0. The lowest BCUT2D eigenvalue weighted by molar-refractivity contribution is 0.677. The van der Waals surface area contributed by atoms with E-state index in [1.165, 1.54) is 7.05 Å². The summed E-state index contributed by atoms with van der Waals surface area (Å²) in [7, 11) is -0.696. The minimum Gasteiger partial charge on any atom is -0.246 e. The summed E-state index contributed by atoms with van der Waals surface area (Å²) in [6.07, 6.45) is 3.19. The third kappa shape index (κ3) is 1.77. The second-order valence-corrected chi connectivity index (χ2v) is 4.54. The van der Waals surface area contributed by atoms with E-state index in [9.17, 15) is 4.21 Å². The second-order valence-electron chi connectivity index (χ2n) is 2.15. The van der Waals surface area contributed by atoms with Gasteiger partial charge in [-0.1, -0.05) is 6.07 Å². The topological polar surface area (TPSA) is 42.3 Å². The van der Waals surface area contributed by atoms with Crippen LogP contribution in [0.4, 0.5) is 0 Å². The van der Waals surface area contributed by atoms with Gasteiger partial charge in [0, 0.05) is 19.5 Å². The molecule has 0 aliphatic heterocycles. The van der Waals surface area contributed by atoms with Crippen molar-refractivity contribution in [2.75, 3.05) is 13.3 Å². The Kier molecular flexibility index (Phi) is 2.24. The number of hydrogen-bond donors (Lipinski definition) is 0. The molecular weight excluding hydrogens is 160 g/mol. The van der Waals surface area contributed by atoms with E-state index < -0.39 is 9.73 Å². The molecule has 1 unspecified atom stereocenters. The zero-order chi connectivity index (χ0) is 8.32. The zero-order valence-corrected chi connectivity index (χ0v) is 7.34. The maximum atomic E-state index is 11.5. The van der Waals surface area contributed by atoms with Gasteiger partial charge in [-0.2, -0.15) is 0 Å². The quantitative estimate of drug-likeness (QED) is 0.635. The van der Waals surface area contributed by atoms with Crippen LogP contribution in [0.25, 0.3) is 0 Å². The van der Waals surface area contributed by atoms with Gasteiger partial charge in [-0.15, -0.1) is 0 Å². The van der Waals surface area contributed by atoms with Gasteiger partial charge >= 0.3 is 0 Å². The molecule has 0 saturated heterocycles. The lowest BCUT2D eigenvalue weighted by Crippen LogP contribution is -1.98. The minimum absolute atomic E-state index is 0.544. The molecule has 1 aromatic rings. The van der Waals surface area contributed by atoms with Crippen molar-refractivity contribution in [3.05, 3.63) is 24.4 Å². The van der Waals surface area contributed by atoms with E-state index in [-0.39, 0.29) is 0 Å². The summed E-state index contributed by atoms with van der Waals surface area (Å²) in [6.45, 7) is 0. The predicted molar refractivity (Wildman–Crippen MR) is 44.9 cm³/mol. The molecule has 0 bridgehead atoms. The van der Waals surface area contributed by atoms with Crippen LogP contribution in [0.15, 0.2) is 33.8 Å². The Morgan fingerprint density at radius 1 is 1.55 bits per heavy atom. The number of pyridine rings is 1. The first kappa shape index (κ1) is 8.20. The summed E-state index contributed by atoms with van der Waals surface area (Å²) in [5.41, 5.74) is 0. The fraction of sp³-hybridized carbons (Fsp3) is 0.286. The highest BCUT2D eigenvalue weighted by Gasteiger charge is 2.02. The molecular formula is C7H10N2OS. The Labute approximate surface area is 66.7 Å². The van der Waals surface area contributed by atoms with Crippen molar-refractivity contribution in [1.82, 2.24) is 4.98 Å². The predicted octanol–water partition coefficient (Wildman–Crippen LogP) is 1.17. The van der Waals surface area contributed by atoms with Crippen LogP contribution in [0.5, 0.6) is 0 Å². The Hall–Kier alpha value is -0.900. The van der Waals surface area contributed by atoms with E-state index >= 15 is 0 Å². The highest BCUT2D eigenvalue weighted by molar-refractivity contribution is 7.92. The van der Waals surface area contributed by atoms with Gasteiger partial charge in [0.1, 0.15) is 5.03 Å². The molecule has 0 fully saturated rings. The minimum atomic E-state index is -2.23. The molecule has 0 aliphatic carbocycles. The molecule has 1 aromatic heterocycles. The summed E-state index contributed by atoms with van der Waals surface area (Å²) in [5.74, 6) is 0. The molecule has 0 saturated carbocycles. The van der Waals surface area contributed by atoms with Crippen LogP contribution in [0.3, 0.4) is 0 Å². The van der Waals surface area contributed by atoms with E-state index in [1.54, 1.807) is 30.7 Å². The van der Waals surface area contributed by atoms with Crippen LogP contribution < -0.4 is 0 Å². The monoisotopic (exact) mass is 170 g/mol. The van der Waals surface area contributed by atoms with Gasteiger partial charge in [-0.3, -0.25) is 0 Å². The third-order valence-electron chi connectivity index (χ3n) is 1.37. The number of hydrogen-bond acceptors (Lipinski definition) is 3. The molecule has 0 spiro atoms. The van der Waals surface area contributed by atoms with Crippen molar-refractivity contribution in [1.29, 1.82) is 0 Å². The number of rotatable bonds is 1. The van der Waals surface area contributed by atoms with Gasteiger partial charge < -0.3 is 0 Å². The van der Waals surface area contributed by atoms with E-state index in [4.69, 9.17) is 0 Å². The zero-order valence-electron chi connectivity index (χ0n) is 6.52. The molecule has 0 aliphatic rings. The standard InChI is InChI=1S/C7H10N2OS/c1-8-11(2,10)7-5-3-4-6-9-7/h3-6H,1-2H3. The summed E-state index contributed by atoms with van der Waals surface area (Å²) in [4.78, 5) is 3.95. The fourth-order valence-electron chi connectivity index (χ4n) is 0.665. The molecule has 0 radical (unpaired) electrons. The number of aromatic nitrogens is 1. The lowest BCUT2D eigenvalue weighted by Gasteiger charge is -1.99. The van der Waals surface area contributed by atoms with Crippen molar-refractivity contribution >= 4 is 9.73 Å². The number of nitrogens with zero attached hydrogens (tertiary/aromatic N) is 2. The van der Waals surface area contributed by atoms with Crippen LogP contribution >= 0.6 is 0 Å². The van der Waals surface area contributed by atoms with Gasteiger partial charge in [0.15, 0.2) is 0 Å². The molecule has 1 rings (SSSR count). The van der Waals surface area contributed by atoms with Crippen molar-refractivity contribution in [2.45, 2.75) is 5.03 Å². The van der Waals surface area contributed by atoms with Gasteiger partial charge in [-0.05, 0) is 12.1 Å². The highest BCUT2D eigenvalue weighted by atomic mass is 32.2. The highest BCUT2D eigenvalue weighted by Crippen LogP contribution is 2.04. The normalized spacial score (nSPS) is 15.5. The molecule has 4 heteroatoms. The molecule has 0 N–H and O–H groups in total. The van der Waals surface area contributed by atoms with Crippen LogP contribution in [0.2, 0.25) is 0 Å². The van der Waals surface area contributed by atoms with Crippen LogP contribution in [-0.4, -0.2) is 22.5 Å². The Balaban J connectivity index is 3.25. The third-order valence-corrected chi connectivity index (χ3v) is 3.09. The van der Waals surface area contributed by atoms with Gasteiger partial charge in [0.2, 0.25) is 0 Å². The largest absolute Gasteiger partial charge is 0.246 e. The molecule has 3 nitrogen and oxygen atoms in total. The van der Waals surface area contributed by atoms with E-state index in [0.29, 0.717) is 5.03 Å². The maximum Gasteiger partial charge on any atom is 0.135 e. The molecule has 0 amide bonds. The van der Waals surface area contributed by atoms with Crippen molar-refractivity contribution in [2.24, 2.45) is 4.36 Å². The van der Waals surface area contributed by atoms with Crippen LogP contribution in [0, 0.1) is 0 Å². The van der Waals surface area contributed by atoms with Crippen molar-refractivity contribution in [3.63, 3.8) is 0 Å². The first-order valence-electron chi connectivity index (χ1n) is 3.18. The van der Waals surface area contributed by atoms with Crippen molar-refractivity contribution in [3.8, 4) is 0 Å². The Bertz CT molecular complexity index is 339. The molecule has 11 heavy (non-hydrogen) atoms. The lowest BCUT2D eigenvalue weighted by atomic mass is 10.5. The average molecular weight is 170 g/mol. The van der Waals surface area contributed by atoms with Crippen LogP contribution in [-0.2, 0) is 9.73 Å². The van der Waals surface area contributed by atoms with E-state index in [2.05, 4.69) is 9.35 Å². The van der Waals surface area contributed by atoms with Crippen molar-refractivity contribution < 1.29 is 4.21 Å². The molecule has 0 aromatic carbocycles. The van der Waals surface area contributed by atoms with E-state index in [0.717, 1.165) is 0 Å². The van der Waals surface area contributed by atoms with Crippen LogP contribution in [0.1, 0.15) is 0 Å². The van der Waals surface area contributed by atoms with Gasteiger partial charge in [-0.25, -0.2) is 13.6 Å². The maximum absolute atomic E-state index is 11.5. The molecule has 60 valence electrons. The molecule has 1 heterocycles. The first-order chi connectivity index (χ1) is 5.17. The van der Waals surface area contributed by atoms with Gasteiger partial charge in [0.25, 0.3) is 0 Å². The Morgan fingerprint density at radius 2 is 2.27 bits per heavy atom. The summed E-state index contributed by atoms with van der Waals surface area (Å²) in [5, 5.41) is 0.544. The SMILES string of the molecule is CN=S(C)(=O)c1ccccn1.